The largest absolute Gasteiger partial charge is 0.352 e. The summed E-state index contributed by atoms with van der Waals surface area (Å²) in [4.78, 5) is 26.7. The van der Waals surface area contributed by atoms with Crippen LogP contribution in [0.2, 0.25) is 5.02 Å². The number of carbonyl (C=O) groups excluding carboxylic acids is 2. The van der Waals surface area contributed by atoms with Crippen molar-refractivity contribution in [2.45, 2.75) is 31.7 Å². The molecule has 0 bridgehead atoms. The highest BCUT2D eigenvalue weighted by molar-refractivity contribution is 7.89. The molecule has 2 aromatic carbocycles. The van der Waals surface area contributed by atoms with Gasteiger partial charge in [-0.3, -0.25) is 9.59 Å². The number of sulfonamides is 1. The molecule has 7 nitrogen and oxygen atoms in total. The molecule has 1 N–H and O–H groups in total. The third-order valence-electron chi connectivity index (χ3n) is 5.34. The van der Waals surface area contributed by atoms with Gasteiger partial charge in [0.1, 0.15) is 0 Å². The number of hydrogen-bond acceptors (Lipinski definition) is 4. The van der Waals surface area contributed by atoms with Gasteiger partial charge in [-0.15, -0.1) is 0 Å². The van der Waals surface area contributed by atoms with E-state index >= 15 is 0 Å². The number of halogens is 1. The van der Waals surface area contributed by atoms with Crippen LogP contribution in [-0.2, 0) is 26.2 Å². The molecule has 31 heavy (non-hydrogen) atoms. The summed E-state index contributed by atoms with van der Waals surface area (Å²) in [5.74, 6) is -0.829. The average Bonchev–Trinajstić information content (AvgIpc) is 3.14. The normalized spacial score (nSPS) is 16.7. The van der Waals surface area contributed by atoms with E-state index in [9.17, 15) is 18.0 Å². The van der Waals surface area contributed by atoms with Crippen LogP contribution in [0, 0.1) is 5.92 Å². The zero-order chi connectivity index (χ0) is 22.6. The van der Waals surface area contributed by atoms with Crippen LogP contribution in [0.3, 0.4) is 0 Å². The van der Waals surface area contributed by atoms with Crippen LogP contribution < -0.4 is 10.2 Å². The molecule has 2 aromatic rings. The summed E-state index contributed by atoms with van der Waals surface area (Å²) in [7, 11) is -3.56. The van der Waals surface area contributed by atoms with Gasteiger partial charge in [0, 0.05) is 43.3 Å². The van der Waals surface area contributed by atoms with E-state index in [2.05, 4.69) is 5.32 Å². The topological polar surface area (TPSA) is 86.8 Å². The van der Waals surface area contributed by atoms with Gasteiger partial charge in [0.05, 0.1) is 10.8 Å². The molecule has 1 aliphatic rings. The molecule has 1 aliphatic heterocycles. The molecular weight excluding hydrogens is 438 g/mol. The first-order chi connectivity index (χ1) is 14.8. The smallest absolute Gasteiger partial charge is 0.243 e. The molecule has 0 aromatic heterocycles. The van der Waals surface area contributed by atoms with Crippen molar-refractivity contribution >= 4 is 39.1 Å². The van der Waals surface area contributed by atoms with E-state index in [1.54, 1.807) is 38.1 Å². The van der Waals surface area contributed by atoms with Gasteiger partial charge in [0.15, 0.2) is 0 Å². The van der Waals surface area contributed by atoms with Crippen molar-refractivity contribution in [3.63, 3.8) is 0 Å². The molecule has 3 rings (SSSR count). The Morgan fingerprint density at radius 3 is 2.45 bits per heavy atom. The lowest BCUT2D eigenvalue weighted by atomic mass is 10.1. The first kappa shape index (κ1) is 23.2. The Morgan fingerprint density at radius 2 is 1.84 bits per heavy atom. The molecule has 0 saturated carbocycles. The molecule has 0 spiro atoms. The van der Waals surface area contributed by atoms with E-state index in [0.717, 1.165) is 5.56 Å². The second-order valence-electron chi connectivity index (χ2n) is 7.34. The Morgan fingerprint density at radius 1 is 1.16 bits per heavy atom. The van der Waals surface area contributed by atoms with Crippen molar-refractivity contribution in [2.75, 3.05) is 24.5 Å². The van der Waals surface area contributed by atoms with Crippen molar-refractivity contribution in [3.8, 4) is 0 Å². The maximum absolute atomic E-state index is 12.6. The Hall–Kier alpha value is -2.42. The predicted octanol–water partition coefficient (Wildman–Crippen LogP) is 3.04. The summed E-state index contributed by atoms with van der Waals surface area (Å²) in [5, 5.41) is 3.45. The summed E-state index contributed by atoms with van der Waals surface area (Å²) in [5.41, 5.74) is 1.46. The molecular formula is C22H26ClN3O4S. The third-order valence-corrected chi connectivity index (χ3v) is 7.64. The molecule has 1 unspecified atom stereocenters. The lowest BCUT2D eigenvalue weighted by molar-refractivity contribution is -0.126. The summed E-state index contributed by atoms with van der Waals surface area (Å²) >= 11 is 5.96. The van der Waals surface area contributed by atoms with Crippen molar-refractivity contribution < 1.29 is 18.0 Å². The number of nitrogens with one attached hydrogen (secondary N) is 1. The highest BCUT2D eigenvalue weighted by Crippen LogP contribution is 2.27. The molecule has 1 atom stereocenters. The summed E-state index contributed by atoms with van der Waals surface area (Å²) < 4.78 is 26.6. The highest BCUT2D eigenvalue weighted by atomic mass is 35.5. The number of carbonyl (C=O) groups is 2. The lowest BCUT2D eigenvalue weighted by Gasteiger charge is -2.20. The molecule has 0 radical (unpaired) electrons. The molecule has 9 heteroatoms. The molecule has 0 aliphatic carbocycles. The molecule has 1 heterocycles. The summed E-state index contributed by atoms with van der Waals surface area (Å²) in [6, 6.07) is 13.5. The van der Waals surface area contributed by atoms with E-state index in [1.807, 2.05) is 12.1 Å². The number of hydrogen-bond donors (Lipinski definition) is 1. The van der Waals surface area contributed by atoms with Gasteiger partial charge < -0.3 is 10.2 Å². The molecule has 1 saturated heterocycles. The molecule has 1 fully saturated rings. The van der Waals surface area contributed by atoms with Crippen LogP contribution in [0.25, 0.3) is 0 Å². The predicted molar refractivity (Wildman–Crippen MR) is 120 cm³/mol. The van der Waals surface area contributed by atoms with Crippen LogP contribution in [0.1, 0.15) is 25.8 Å². The molecule has 2 amide bonds. The quantitative estimate of drug-likeness (QED) is 0.651. The Kier molecular flexibility index (Phi) is 7.35. The van der Waals surface area contributed by atoms with E-state index in [-0.39, 0.29) is 29.7 Å². The van der Waals surface area contributed by atoms with Crippen molar-refractivity contribution in [3.05, 3.63) is 59.1 Å². The Balaban J connectivity index is 1.65. The van der Waals surface area contributed by atoms with Crippen LogP contribution in [0.5, 0.6) is 0 Å². The van der Waals surface area contributed by atoms with Gasteiger partial charge in [-0.05, 0) is 42.0 Å². The van der Waals surface area contributed by atoms with Crippen molar-refractivity contribution in [1.82, 2.24) is 9.62 Å². The Bertz CT molecular complexity index is 1050. The zero-order valence-electron chi connectivity index (χ0n) is 17.5. The van der Waals surface area contributed by atoms with E-state index in [0.29, 0.717) is 30.3 Å². The summed E-state index contributed by atoms with van der Waals surface area (Å²) in [6.45, 7) is 4.94. The maximum Gasteiger partial charge on any atom is 0.243 e. The fourth-order valence-corrected chi connectivity index (χ4v) is 5.29. The van der Waals surface area contributed by atoms with Gasteiger partial charge in [-0.25, -0.2) is 8.42 Å². The minimum atomic E-state index is -3.56. The van der Waals surface area contributed by atoms with E-state index in [4.69, 9.17) is 11.6 Å². The van der Waals surface area contributed by atoms with Gasteiger partial charge in [-0.2, -0.15) is 4.31 Å². The minimum Gasteiger partial charge on any atom is -0.352 e. The Labute approximate surface area is 188 Å². The SMILES string of the molecule is CCN(CC)S(=O)(=O)c1ccc(N2CC(C(=O)NCc3cccc(Cl)c3)CC2=O)cc1. The number of amides is 2. The van der Waals surface area contributed by atoms with Gasteiger partial charge in [0.25, 0.3) is 0 Å². The second-order valence-corrected chi connectivity index (χ2v) is 9.71. The van der Waals surface area contributed by atoms with Crippen LogP contribution in [0.15, 0.2) is 53.4 Å². The van der Waals surface area contributed by atoms with E-state index < -0.39 is 15.9 Å². The minimum absolute atomic E-state index is 0.112. The van der Waals surface area contributed by atoms with Crippen LogP contribution in [0.4, 0.5) is 5.69 Å². The van der Waals surface area contributed by atoms with Crippen LogP contribution >= 0.6 is 11.6 Å². The summed E-state index contributed by atoms with van der Waals surface area (Å²) in [6.07, 6.45) is 0.112. The fourth-order valence-electron chi connectivity index (χ4n) is 3.62. The standard InChI is InChI=1S/C22H26ClN3O4S/c1-3-25(4-2)31(29,30)20-10-8-19(9-11-20)26-15-17(13-21(26)27)22(28)24-14-16-6-5-7-18(23)12-16/h5-12,17H,3-4,13-15H2,1-2H3,(H,24,28). The third kappa shape index (κ3) is 5.26. The second kappa shape index (κ2) is 9.80. The zero-order valence-corrected chi connectivity index (χ0v) is 19.1. The van der Waals surface area contributed by atoms with Crippen molar-refractivity contribution in [1.29, 1.82) is 0 Å². The van der Waals surface area contributed by atoms with E-state index in [1.165, 1.54) is 21.3 Å². The number of nitrogens with zero attached hydrogens (tertiary/aromatic N) is 2. The van der Waals surface area contributed by atoms with Crippen LogP contribution in [-0.4, -0.2) is 44.2 Å². The number of rotatable bonds is 8. The monoisotopic (exact) mass is 463 g/mol. The molecule has 166 valence electrons. The first-order valence-electron chi connectivity index (χ1n) is 10.2. The van der Waals surface area contributed by atoms with Gasteiger partial charge in [0.2, 0.25) is 21.8 Å². The number of benzene rings is 2. The maximum atomic E-state index is 12.6. The fraction of sp³-hybridized carbons (Fsp3) is 0.364. The van der Waals surface area contributed by atoms with Gasteiger partial charge in [-0.1, -0.05) is 37.6 Å². The number of anilines is 1. The average molecular weight is 464 g/mol. The first-order valence-corrected chi connectivity index (χ1v) is 12.0. The van der Waals surface area contributed by atoms with Crippen molar-refractivity contribution in [2.24, 2.45) is 5.92 Å². The lowest BCUT2D eigenvalue weighted by Crippen LogP contribution is -2.32. The highest BCUT2D eigenvalue weighted by Gasteiger charge is 2.35. The van der Waals surface area contributed by atoms with Gasteiger partial charge >= 0.3 is 0 Å².